The van der Waals surface area contributed by atoms with Crippen molar-refractivity contribution in [2.75, 3.05) is 5.73 Å². The highest BCUT2D eigenvalue weighted by molar-refractivity contribution is 5.92. The highest BCUT2D eigenvalue weighted by Crippen LogP contribution is 2.06. The number of H-pyrrole nitrogens is 1. The van der Waals surface area contributed by atoms with Crippen LogP contribution in [0.2, 0.25) is 0 Å². The molecule has 0 spiro atoms. The molecule has 0 unspecified atom stereocenters. The number of carbonyl (C=O) groups is 1. The van der Waals surface area contributed by atoms with Gasteiger partial charge in [-0.2, -0.15) is 0 Å². The van der Waals surface area contributed by atoms with E-state index in [1.807, 2.05) is 0 Å². The van der Waals surface area contributed by atoms with Crippen LogP contribution in [0.5, 0.6) is 0 Å². The summed E-state index contributed by atoms with van der Waals surface area (Å²) >= 11 is 0. The molecule has 0 radical (unpaired) electrons. The van der Waals surface area contributed by atoms with Crippen molar-refractivity contribution < 1.29 is 4.79 Å². The molecular weight excluding hydrogens is 166 g/mol. The van der Waals surface area contributed by atoms with E-state index in [1.54, 1.807) is 0 Å². The molecule has 0 saturated carbocycles. The Morgan fingerprint density at radius 3 is 2.92 bits per heavy atom. The van der Waals surface area contributed by atoms with E-state index < -0.39 is 0 Å². The van der Waals surface area contributed by atoms with Gasteiger partial charge in [-0.15, -0.1) is 0 Å². The lowest BCUT2D eigenvalue weighted by molar-refractivity contribution is 0.0970. The number of nitrogens with one attached hydrogen (secondary N) is 1. The SMILES string of the molecule is CCCCCC(=O)c1ncc(N)[nH]1. The van der Waals surface area contributed by atoms with Gasteiger partial charge in [-0.3, -0.25) is 4.79 Å². The maximum atomic E-state index is 11.4. The topological polar surface area (TPSA) is 71.8 Å². The zero-order valence-electron chi connectivity index (χ0n) is 7.84. The molecule has 0 amide bonds. The number of unbranched alkanes of at least 4 members (excludes halogenated alkanes) is 2. The van der Waals surface area contributed by atoms with Crippen LogP contribution in [-0.2, 0) is 0 Å². The molecule has 4 nitrogen and oxygen atoms in total. The van der Waals surface area contributed by atoms with Crippen LogP contribution in [-0.4, -0.2) is 15.8 Å². The Morgan fingerprint density at radius 1 is 1.62 bits per heavy atom. The maximum Gasteiger partial charge on any atom is 0.198 e. The zero-order chi connectivity index (χ0) is 9.68. The Labute approximate surface area is 77.6 Å². The summed E-state index contributed by atoms with van der Waals surface area (Å²) in [5, 5.41) is 0. The summed E-state index contributed by atoms with van der Waals surface area (Å²) in [4.78, 5) is 18.0. The number of nitrogens with two attached hydrogens (primary N) is 1. The van der Waals surface area contributed by atoms with Gasteiger partial charge < -0.3 is 10.7 Å². The van der Waals surface area contributed by atoms with Gasteiger partial charge in [0.1, 0.15) is 5.82 Å². The lowest BCUT2D eigenvalue weighted by atomic mass is 10.1. The van der Waals surface area contributed by atoms with E-state index >= 15 is 0 Å². The number of Topliss-reactive ketones (excluding diaryl/α,β-unsaturated/α-hetero) is 1. The molecule has 1 rings (SSSR count). The van der Waals surface area contributed by atoms with E-state index in [9.17, 15) is 4.79 Å². The first kappa shape index (κ1) is 9.77. The highest BCUT2D eigenvalue weighted by Gasteiger charge is 2.08. The van der Waals surface area contributed by atoms with Crippen molar-refractivity contribution in [1.29, 1.82) is 0 Å². The highest BCUT2D eigenvalue weighted by atomic mass is 16.1. The molecule has 1 aromatic heterocycles. The van der Waals surface area contributed by atoms with Gasteiger partial charge in [-0.05, 0) is 6.42 Å². The summed E-state index contributed by atoms with van der Waals surface area (Å²) in [6.07, 6.45) is 5.15. The van der Waals surface area contributed by atoms with Gasteiger partial charge in [-0.25, -0.2) is 4.98 Å². The number of anilines is 1. The Kier molecular flexibility index (Phi) is 3.49. The van der Waals surface area contributed by atoms with Crippen LogP contribution in [0.25, 0.3) is 0 Å². The van der Waals surface area contributed by atoms with Crippen LogP contribution in [0.3, 0.4) is 0 Å². The van der Waals surface area contributed by atoms with Gasteiger partial charge in [-0.1, -0.05) is 19.8 Å². The Hall–Kier alpha value is -1.32. The zero-order valence-corrected chi connectivity index (χ0v) is 7.84. The van der Waals surface area contributed by atoms with E-state index in [-0.39, 0.29) is 5.78 Å². The first-order valence-electron chi connectivity index (χ1n) is 4.57. The number of imidazole rings is 1. The maximum absolute atomic E-state index is 11.4. The van der Waals surface area contributed by atoms with Crippen LogP contribution in [0.15, 0.2) is 6.20 Å². The summed E-state index contributed by atoms with van der Waals surface area (Å²) in [6.45, 7) is 2.11. The molecule has 0 saturated heterocycles. The smallest absolute Gasteiger partial charge is 0.198 e. The molecule has 13 heavy (non-hydrogen) atoms. The number of nitrogen functional groups attached to an aromatic ring is 1. The van der Waals surface area contributed by atoms with Crippen molar-refractivity contribution in [3.8, 4) is 0 Å². The molecule has 0 aliphatic rings. The van der Waals surface area contributed by atoms with Gasteiger partial charge >= 0.3 is 0 Å². The number of ketones is 1. The van der Waals surface area contributed by atoms with Crippen molar-refractivity contribution in [3.05, 3.63) is 12.0 Å². The monoisotopic (exact) mass is 181 g/mol. The van der Waals surface area contributed by atoms with Gasteiger partial charge in [0.25, 0.3) is 0 Å². The van der Waals surface area contributed by atoms with Gasteiger partial charge in [0.2, 0.25) is 0 Å². The summed E-state index contributed by atoms with van der Waals surface area (Å²) in [7, 11) is 0. The summed E-state index contributed by atoms with van der Waals surface area (Å²) in [5.41, 5.74) is 5.40. The number of aromatic amines is 1. The molecule has 4 heteroatoms. The number of hydrogen-bond acceptors (Lipinski definition) is 3. The molecule has 72 valence electrons. The van der Waals surface area contributed by atoms with E-state index in [2.05, 4.69) is 16.9 Å². The predicted octanol–water partition coefficient (Wildman–Crippen LogP) is 1.75. The fraction of sp³-hybridized carbons (Fsp3) is 0.556. The van der Waals surface area contributed by atoms with E-state index in [4.69, 9.17) is 5.73 Å². The normalized spacial score (nSPS) is 10.2. The van der Waals surface area contributed by atoms with Crippen LogP contribution in [0.4, 0.5) is 5.82 Å². The third-order valence-electron chi connectivity index (χ3n) is 1.87. The Morgan fingerprint density at radius 2 is 2.38 bits per heavy atom. The van der Waals surface area contributed by atoms with E-state index in [0.29, 0.717) is 18.1 Å². The van der Waals surface area contributed by atoms with Gasteiger partial charge in [0.15, 0.2) is 11.6 Å². The molecule has 0 bridgehead atoms. The number of hydrogen-bond donors (Lipinski definition) is 2. The average molecular weight is 181 g/mol. The van der Waals surface area contributed by atoms with Crippen molar-refractivity contribution in [3.63, 3.8) is 0 Å². The average Bonchev–Trinajstić information content (AvgIpc) is 2.52. The number of rotatable bonds is 5. The van der Waals surface area contributed by atoms with Crippen molar-refractivity contribution in [2.45, 2.75) is 32.6 Å². The minimum atomic E-state index is 0.0464. The molecular formula is C9H15N3O. The molecule has 0 aromatic carbocycles. The Balaban J connectivity index is 2.40. The van der Waals surface area contributed by atoms with Crippen molar-refractivity contribution in [1.82, 2.24) is 9.97 Å². The van der Waals surface area contributed by atoms with Gasteiger partial charge in [0, 0.05) is 6.42 Å². The third-order valence-corrected chi connectivity index (χ3v) is 1.87. The third kappa shape index (κ3) is 2.89. The largest absolute Gasteiger partial charge is 0.384 e. The summed E-state index contributed by atoms with van der Waals surface area (Å²) in [6, 6.07) is 0. The fourth-order valence-electron chi connectivity index (χ4n) is 1.13. The molecule has 0 fully saturated rings. The van der Waals surface area contributed by atoms with Crippen molar-refractivity contribution >= 4 is 11.6 Å². The number of aromatic nitrogens is 2. The van der Waals surface area contributed by atoms with Crippen LogP contribution >= 0.6 is 0 Å². The van der Waals surface area contributed by atoms with Crippen LogP contribution < -0.4 is 5.73 Å². The fourth-order valence-corrected chi connectivity index (χ4v) is 1.13. The van der Waals surface area contributed by atoms with E-state index in [1.165, 1.54) is 6.20 Å². The quantitative estimate of drug-likeness (QED) is 0.537. The van der Waals surface area contributed by atoms with E-state index in [0.717, 1.165) is 19.3 Å². The predicted molar refractivity (Wildman–Crippen MR) is 51.5 cm³/mol. The van der Waals surface area contributed by atoms with Crippen LogP contribution in [0, 0.1) is 0 Å². The van der Waals surface area contributed by atoms with Crippen molar-refractivity contribution in [2.24, 2.45) is 0 Å². The molecule has 0 aliphatic heterocycles. The lowest BCUT2D eigenvalue weighted by Gasteiger charge is -1.95. The number of nitrogens with zero attached hydrogens (tertiary/aromatic N) is 1. The molecule has 3 N–H and O–H groups in total. The lowest BCUT2D eigenvalue weighted by Crippen LogP contribution is -2.01. The summed E-state index contributed by atoms with van der Waals surface area (Å²) < 4.78 is 0. The minimum absolute atomic E-state index is 0.0464. The molecule has 0 aliphatic carbocycles. The second-order valence-electron chi connectivity index (χ2n) is 3.07. The first-order valence-corrected chi connectivity index (χ1v) is 4.57. The minimum Gasteiger partial charge on any atom is -0.384 e. The first-order chi connectivity index (χ1) is 6.24. The molecule has 1 aromatic rings. The van der Waals surface area contributed by atoms with Gasteiger partial charge in [0.05, 0.1) is 6.20 Å². The Bertz CT molecular complexity index is 280. The summed E-state index contributed by atoms with van der Waals surface area (Å²) in [5.74, 6) is 0.873. The standard InChI is InChI=1S/C9H15N3O/c1-2-3-4-5-7(13)9-11-6-8(10)12-9/h6H,2-5,10H2,1H3,(H,11,12). The van der Waals surface area contributed by atoms with Crippen LogP contribution in [0.1, 0.15) is 43.2 Å². The second-order valence-corrected chi connectivity index (χ2v) is 3.07. The number of carbonyl (C=O) groups excluding carboxylic acids is 1. The second kappa shape index (κ2) is 4.64. The molecule has 1 heterocycles. The molecule has 0 atom stereocenters.